The fourth-order valence-electron chi connectivity index (χ4n) is 2.77. The van der Waals surface area contributed by atoms with Crippen LogP contribution in [0.4, 0.5) is 8.78 Å². The normalized spacial score (nSPS) is 28.6. The maximum absolute atomic E-state index is 14.1. The predicted molar refractivity (Wildman–Crippen MR) is 76.9 cm³/mol. The lowest BCUT2D eigenvalue weighted by Crippen LogP contribution is -2.63. The van der Waals surface area contributed by atoms with Gasteiger partial charge in [-0.3, -0.25) is 0 Å². The highest BCUT2D eigenvalue weighted by Crippen LogP contribution is 2.34. The standard InChI is InChI=1S/C16H23F2NO2/c1-5-6-12-13(17)7-11(8-14(12)18)16(20)10(2)19-15(3,4)9-21-16/h7-8,10,19-20H,5-6,9H2,1-4H3. The van der Waals surface area contributed by atoms with Crippen LogP contribution in [-0.2, 0) is 16.9 Å². The Balaban J connectivity index is 2.38. The fraction of sp³-hybridized carbons (Fsp3) is 0.625. The van der Waals surface area contributed by atoms with E-state index in [1.165, 1.54) is 12.1 Å². The van der Waals surface area contributed by atoms with Crippen molar-refractivity contribution in [2.24, 2.45) is 0 Å². The summed E-state index contributed by atoms with van der Waals surface area (Å²) in [6, 6.07) is 1.85. The molecule has 1 fully saturated rings. The SMILES string of the molecule is CCCc1c(F)cc(C2(O)OCC(C)(C)NC2C)cc1F. The Morgan fingerprint density at radius 1 is 1.33 bits per heavy atom. The Labute approximate surface area is 124 Å². The Morgan fingerprint density at radius 2 is 1.90 bits per heavy atom. The summed E-state index contributed by atoms with van der Waals surface area (Å²) in [5.41, 5.74) is -0.139. The van der Waals surface area contributed by atoms with Crippen LogP contribution in [0.5, 0.6) is 0 Å². The smallest absolute Gasteiger partial charge is 0.208 e. The molecule has 0 saturated carbocycles. The van der Waals surface area contributed by atoms with Crippen LogP contribution in [0.25, 0.3) is 0 Å². The van der Waals surface area contributed by atoms with E-state index >= 15 is 0 Å². The van der Waals surface area contributed by atoms with Crippen LogP contribution in [-0.4, -0.2) is 23.3 Å². The number of ether oxygens (including phenoxy) is 1. The van der Waals surface area contributed by atoms with Crippen molar-refractivity contribution in [3.05, 3.63) is 34.9 Å². The lowest BCUT2D eigenvalue weighted by molar-refractivity contribution is -0.263. The molecule has 2 unspecified atom stereocenters. The van der Waals surface area contributed by atoms with E-state index in [0.29, 0.717) is 12.8 Å². The van der Waals surface area contributed by atoms with E-state index in [1.54, 1.807) is 6.92 Å². The molecule has 1 aromatic carbocycles. The number of aliphatic hydroxyl groups is 1. The number of halogens is 2. The van der Waals surface area contributed by atoms with Crippen LogP contribution in [0.2, 0.25) is 0 Å². The quantitative estimate of drug-likeness (QED) is 0.902. The van der Waals surface area contributed by atoms with Crippen LogP contribution in [0.1, 0.15) is 45.2 Å². The highest BCUT2D eigenvalue weighted by atomic mass is 19.1. The summed E-state index contributed by atoms with van der Waals surface area (Å²) < 4.78 is 33.7. The van der Waals surface area contributed by atoms with Crippen LogP contribution in [0.15, 0.2) is 12.1 Å². The van der Waals surface area contributed by atoms with Gasteiger partial charge in [0.05, 0.1) is 12.6 Å². The molecule has 1 aliphatic rings. The van der Waals surface area contributed by atoms with Crippen molar-refractivity contribution < 1.29 is 18.6 Å². The van der Waals surface area contributed by atoms with E-state index in [2.05, 4.69) is 5.32 Å². The third-order valence-corrected chi connectivity index (χ3v) is 3.90. The van der Waals surface area contributed by atoms with Crippen molar-refractivity contribution in [2.45, 2.75) is 57.9 Å². The molecule has 0 bridgehead atoms. The Hall–Kier alpha value is -1.04. The maximum atomic E-state index is 14.1. The topological polar surface area (TPSA) is 41.5 Å². The van der Waals surface area contributed by atoms with Crippen LogP contribution in [0, 0.1) is 11.6 Å². The van der Waals surface area contributed by atoms with Gasteiger partial charge in [-0.05, 0) is 39.3 Å². The van der Waals surface area contributed by atoms with Gasteiger partial charge in [0.1, 0.15) is 11.6 Å². The predicted octanol–water partition coefficient (Wildman–Crippen LogP) is 2.85. The Morgan fingerprint density at radius 3 is 2.38 bits per heavy atom. The summed E-state index contributed by atoms with van der Waals surface area (Å²) in [5, 5.41) is 13.9. The third-order valence-electron chi connectivity index (χ3n) is 3.90. The van der Waals surface area contributed by atoms with Gasteiger partial charge in [0.15, 0.2) is 0 Å². The second-order valence-corrected chi connectivity index (χ2v) is 6.40. The molecule has 0 aliphatic carbocycles. The molecule has 0 aromatic heterocycles. The molecule has 3 nitrogen and oxygen atoms in total. The second kappa shape index (κ2) is 5.63. The molecule has 2 atom stereocenters. The molecule has 118 valence electrons. The Bertz CT molecular complexity index is 510. The van der Waals surface area contributed by atoms with Gasteiger partial charge in [-0.15, -0.1) is 0 Å². The average Bonchev–Trinajstić information content (AvgIpc) is 2.38. The first-order chi connectivity index (χ1) is 9.69. The maximum Gasteiger partial charge on any atom is 0.208 e. The molecule has 1 aliphatic heterocycles. The monoisotopic (exact) mass is 299 g/mol. The second-order valence-electron chi connectivity index (χ2n) is 6.40. The van der Waals surface area contributed by atoms with Crippen molar-refractivity contribution in [3.63, 3.8) is 0 Å². The number of hydrogen-bond donors (Lipinski definition) is 2. The Kier molecular flexibility index (Phi) is 4.38. The summed E-state index contributed by atoms with van der Waals surface area (Å²) in [5.74, 6) is -3.01. The zero-order chi connectivity index (χ0) is 15.8. The number of hydrogen-bond acceptors (Lipinski definition) is 3. The molecule has 1 aromatic rings. The first-order valence-electron chi connectivity index (χ1n) is 7.32. The van der Waals surface area contributed by atoms with Crippen molar-refractivity contribution in [3.8, 4) is 0 Å². The number of rotatable bonds is 3. The molecule has 1 saturated heterocycles. The summed E-state index contributed by atoms with van der Waals surface area (Å²) in [6.45, 7) is 7.71. The lowest BCUT2D eigenvalue weighted by Gasteiger charge is -2.46. The van der Waals surface area contributed by atoms with Crippen molar-refractivity contribution >= 4 is 0 Å². The molecule has 2 rings (SSSR count). The van der Waals surface area contributed by atoms with Crippen LogP contribution >= 0.6 is 0 Å². The van der Waals surface area contributed by atoms with Gasteiger partial charge in [0.2, 0.25) is 5.79 Å². The molecular weight excluding hydrogens is 276 g/mol. The number of nitrogens with one attached hydrogen (secondary N) is 1. The molecule has 21 heavy (non-hydrogen) atoms. The minimum Gasteiger partial charge on any atom is -0.361 e. The minimum atomic E-state index is -1.73. The molecule has 2 N–H and O–H groups in total. The largest absolute Gasteiger partial charge is 0.361 e. The summed E-state index contributed by atoms with van der Waals surface area (Å²) >= 11 is 0. The zero-order valence-corrected chi connectivity index (χ0v) is 13.0. The van der Waals surface area contributed by atoms with Crippen molar-refractivity contribution in [1.82, 2.24) is 5.32 Å². The van der Waals surface area contributed by atoms with E-state index in [1.807, 2.05) is 20.8 Å². The lowest BCUT2D eigenvalue weighted by atomic mass is 9.91. The van der Waals surface area contributed by atoms with Gasteiger partial charge < -0.3 is 15.2 Å². The fourth-order valence-corrected chi connectivity index (χ4v) is 2.77. The highest BCUT2D eigenvalue weighted by Gasteiger charge is 2.45. The molecule has 0 spiro atoms. The minimum absolute atomic E-state index is 0.0570. The zero-order valence-electron chi connectivity index (χ0n) is 13.0. The summed E-state index contributed by atoms with van der Waals surface area (Å²) in [6.07, 6.45) is 0.984. The van der Waals surface area contributed by atoms with Crippen molar-refractivity contribution in [1.29, 1.82) is 0 Å². The van der Waals surface area contributed by atoms with E-state index in [4.69, 9.17) is 4.74 Å². The van der Waals surface area contributed by atoms with E-state index in [9.17, 15) is 13.9 Å². The van der Waals surface area contributed by atoms with E-state index in [0.717, 1.165) is 0 Å². The van der Waals surface area contributed by atoms with Gasteiger partial charge in [-0.1, -0.05) is 13.3 Å². The number of morpholine rings is 1. The van der Waals surface area contributed by atoms with Gasteiger partial charge in [0.25, 0.3) is 0 Å². The molecular formula is C16H23F2NO2. The first kappa shape index (κ1) is 16.3. The average molecular weight is 299 g/mol. The molecule has 1 heterocycles. The third kappa shape index (κ3) is 3.10. The van der Waals surface area contributed by atoms with E-state index in [-0.39, 0.29) is 23.3 Å². The molecule has 0 radical (unpaired) electrons. The van der Waals surface area contributed by atoms with Gasteiger partial charge in [-0.25, -0.2) is 8.78 Å². The van der Waals surface area contributed by atoms with Gasteiger partial charge in [0, 0.05) is 16.7 Å². The van der Waals surface area contributed by atoms with Gasteiger partial charge >= 0.3 is 0 Å². The first-order valence-corrected chi connectivity index (χ1v) is 7.32. The number of benzene rings is 1. The summed E-state index contributed by atoms with van der Waals surface area (Å²) in [4.78, 5) is 0. The molecule has 5 heteroatoms. The highest BCUT2D eigenvalue weighted by molar-refractivity contribution is 5.30. The van der Waals surface area contributed by atoms with Crippen LogP contribution < -0.4 is 5.32 Å². The molecule has 0 amide bonds. The van der Waals surface area contributed by atoms with E-state index < -0.39 is 23.5 Å². The van der Waals surface area contributed by atoms with Crippen molar-refractivity contribution in [2.75, 3.05) is 6.61 Å². The van der Waals surface area contributed by atoms with Crippen LogP contribution in [0.3, 0.4) is 0 Å². The van der Waals surface area contributed by atoms with Gasteiger partial charge in [-0.2, -0.15) is 0 Å². The summed E-state index contributed by atoms with van der Waals surface area (Å²) in [7, 11) is 0.